The second-order valence-electron chi connectivity index (χ2n) is 5.60. The van der Waals surface area contributed by atoms with Gasteiger partial charge in [-0.25, -0.2) is 0 Å². The van der Waals surface area contributed by atoms with Crippen molar-refractivity contribution in [2.45, 2.75) is 38.3 Å². The SMILES string of the molecule is O=C1NCc2cc(CCCOC3CCNCC3)ccc21. The van der Waals surface area contributed by atoms with Gasteiger partial charge in [0.1, 0.15) is 0 Å². The molecule has 1 aromatic carbocycles. The van der Waals surface area contributed by atoms with Crippen LogP contribution in [0.1, 0.15) is 40.7 Å². The molecule has 1 aromatic rings. The first-order chi connectivity index (χ1) is 9.83. The topological polar surface area (TPSA) is 50.4 Å². The number of hydrogen-bond donors (Lipinski definition) is 2. The molecule has 1 saturated heterocycles. The molecule has 0 spiro atoms. The first-order valence-electron chi connectivity index (χ1n) is 7.55. The maximum Gasteiger partial charge on any atom is 0.251 e. The van der Waals surface area contributed by atoms with Gasteiger partial charge in [-0.3, -0.25) is 4.79 Å². The summed E-state index contributed by atoms with van der Waals surface area (Å²) in [5.41, 5.74) is 3.26. The van der Waals surface area contributed by atoms with Crippen LogP contribution in [0, 0.1) is 0 Å². The van der Waals surface area contributed by atoms with Crippen molar-refractivity contribution in [3.8, 4) is 0 Å². The van der Waals surface area contributed by atoms with Crippen LogP contribution < -0.4 is 10.6 Å². The molecule has 3 rings (SSSR count). The Bertz CT molecular complexity index is 481. The zero-order valence-corrected chi connectivity index (χ0v) is 11.8. The fourth-order valence-electron chi connectivity index (χ4n) is 2.93. The van der Waals surface area contributed by atoms with Crippen molar-refractivity contribution < 1.29 is 9.53 Å². The van der Waals surface area contributed by atoms with E-state index in [2.05, 4.69) is 22.8 Å². The van der Waals surface area contributed by atoms with Gasteiger partial charge in [-0.2, -0.15) is 0 Å². The fourth-order valence-corrected chi connectivity index (χ4v) is 2.93. The maximum absolute atomic E-state index is 11.5. The summed E-state index contributed by atoms with van der Waals surface area (Å²) in [5, 5.41) is 6.20. The van der Waals surface area contributed by atoms with E-state index in [0.29, 0.717) is 12.6 Å². The number of fused-ring (bicyclic) bond motifs is 1. The molecule has 0 radical (unpaired) electrons. The van der Waals surface area contributed by atoms with Gasteiger partial charge >= 0.3 is 0 Å². The average molecular weight is 274 g/mol. The van der Waals surface area contributed by atoms with Crippen molar-refractivity contribution in [3.63, 3.8) is 0 Å². The molecule has 0 saturated carbocycles. The molecular formula is C16H22N2O2. The van der Waals surface area contributed by atoms with Crippen LogP contribution in [-0.4, -0.2) is 31.7 Å². The van der Waals surface area contributed by atoms with Crippen molar-refractivity contribution in [1.29, 1.82) is 0 Å². The molecule has 2 N–H and O–H groups in total. The molecule has 0 aromatic heterocycles. The Hall–Kier alpha value is -1.39. The third-order valence-corrected chi connectivity index (χ3v) is 4.10. The molecule has 1 amide bonds. The number of benzene rings is 1. The van der Waals surface area contributed by atoms with Crippen molar-refractivity contribution in [3.05, 3.63) is 34.9 Å². The highest BCUT2D eigenvalue weighted by Gasteiger charge is 2.18. The standard InChI is InChI=1S/C16H22N2O2/c19-16-15-4-3-12(10-13(15)11-18-16)2-1-9-20-14-5-7-17-8-6-14/h3-4,10,14,17H,1-2,5-9,11H2,(H,18,19). The van der Waals surface area contributed by atoms with Gasteiger partial charge in [0.15, 0.2) is 0 Å². The van der Waals surface area contributed by atoms with Crippen LogP contribution in [0.25, 0.3) is 0 Å². The lowest BCUT2D eigenvalue weighted by Crippen LogP contribution is -2.32. The lowest BCUT2D eigenvalue weighted by molar-refractivity contribution is 0.0318. The number of aryl methyl sites for hydroxylation is 1. The van der Waals surface area contributed by atoms with Crippen molar-refractivity contribution in [2.75, 3.05) is 19.7 Å². The van der Waals surface area contributed by atoms with Crippen molar-refractivity contribution in [1.82, 2.24) is 10.6 Å². The number of piperidine rings is 1. The smallest absolute Gasteiger partial charge is 0.251 e. The summed E-state index contributed by atoms with van der Waals surface area (Å²) in [4.78, 5) is 11.5. The van der Waals surface area contributed by atoms with Crippen LogP contribution >= 0.6 is 0 Å². The first-order valence-corrected chi connectivity index (χ1v) is 7.55. The number of carbonyl (C=O) groups excluding carboxylic acids is 1. The summed E-state index contributed by atoms with van der Waals surface area (Å²) in [6.45, 7) is 3.67. The molecule has 4 nitrogen and oxygen atoms in total. The normalized spacial score (nSPS) is 18.9. The van der Waals surface area contributed by atoms with E-state index in [1.165, 1.54) is 5.56 Å². The van der Waals surface area contributed by atoms with Crippen LogP contribution in [0.5, 0.6) is 0 Å². The van der Waals surface area contributed by atoms with Crippen LogP contribution in [0.2, 0.25) is 0 Å². The molecule has 1 fully saturated rings. The lowest BCUT2D eigenvalue weighted by atomic mass is 10.0. The van der Waals surface area contributed by atoms with E-state index in [4.69, 9.17) is 4.74 Å². The molecule has 0 bridgehead atoms. The molecule has 0 atom stereocenters. The molecule has 2 aliphatic rings. The quantitative estimate of drug-likeness (QED) is 0.802. The fraction of sp³-hybridized carbons (Fsp3) is 0.562. The second-order valence-corrected chi connectivity index (χ2v) is 5.60. The summed E-state index contributed by atoms with van der Waals surface area (Å²) < 4.78 is 5.91. The number of amides is 1. The number of ether oxygens (including phenoxy) is 1. The summed E-state index contributed by atoms with van der Waals surface area (Å²) in [6.07, 6.45) is 4.77. The second kappa shape index (κ2) is 6.37. The summed E-state index contributed by atoms with van der Waals surface area (Å²) in [6, 6.07) is 6.16. The molecule has 2 heterocycles. The van der Waals surface area contributed by atoms with Gasteiger partial charge < -0.3 is 15.4 Å². The third kappa shape index (κ3) is 3.19. The minimum Gasteiger partial charge on any atom is -0.378 e. The number of carbonyl (C=O) groups is 1. The first kappa shape index (κ1) is 13.6. The molecular weight excluding hydrogens is 252 g/mol. The predicted octanol–water partition coefficient (Wildman–Crippen LogP) is 1.63. The van der Waals surface area contributed by atoms with E-state index in [1.54, 1.807) is 0 Å². The van der Waals surface area contributed by atoms with Crippen molar-refractivity contribution in [2.24, 2.45) is 0 Å². The highest BCUT2D eigenvalue weighted by atomic mass is 16.5. The van der Waals surface area contributed by atoms with Gasteiger partial charge in [-0.1, -0.05) is 12.1 Å². The number of rotatable bonds is 5. The Kier molecular flexibility index (Phi) is 4.33. The monoisotopic (exact) mass is 274 g/mol. The number of nitrogens with one attached hydrogen (secondary N) is 2. The molecule has 108 valence electrons. The van der Waals surface area contributed by atoms with E-state index >= 15 is 0 Å². The van der Waals surface area contributed by atoms with Gasteiger partial charge in [0.25, 0.3) is 5.91 Å². The summed E-state index contributed by atoms with van der Waals surface area (Å²) in [7, 11) is 0. The Labute approximate surface area is 119 Å². The Morgan fingerprint density at radius 2 is 2.10 bits per heavy atom. The van der Waals surface area contributed by atoms with Crippen LogP contribution in [0.3, 0.4) is 0 Å². The molecule has 4 heteroatoms. The van der Waals surface area contributed by atoms with E-state index in [0.717, 1.165) is 56.5 Å². The van der Waals surface area contributed by atoms with Gasteiger partial charge in [0.2, 0.25) is 0 Å². The number of hydrogen-bond acceptors (Lipinski definition) is 3. The molecule has 20 heavy (non-hydrogen) atoms. The van der Waals surface area contributed by atoms with E-state index in [1.807, 2.05) is 6.07 Å². The lowest BCUT2D eigenvalue weighted by Gasteiger charge is -2.22. The summed E-state index contributed by atoms with van der Waals surface area (Å²) >= 11 is 0. The average Bonchev–Trinajstić information content (AvgIpc) is 2.86. The van der Waals surface area contributed by atoms with Crippen LogP contribution in [-0.2, 0) is 17.7 Å². The van der Waals surface area contributed by atoms with E-state index in [-0.39, 0.29) is 5.91 Å². The maximum atomic E-state index is 11.5. The predicted molar refractivity (Wildman–Crippen MR) is 77.8 cm³/mol. The summed E-state index contributed by atoms with van der Waals surface area (Å²) in [5.74, 6) is 0.0563. The third-order valence-electron chi connectivity index (χ3n) is 4.10. The van der Waals surface area contributed by atoms with Gasteiger partial charge in [0, 0.05) is 18.7 Å². The van der Waals surface area contributed by atoms with Crippen LogP contribution in [0.15, 0.2) is 18.2 Å². The highest BCUT2D eigenvalue weighted by molar-refractivity contribution is 5.98. The van der Waals surface area contributed by atoms with Gasteiger partial charge in [0.05, 0.1) is 6.10 Å². The molecule has 2 aliphatic heterocycles. The Morgan fingerprint density at radius 3 is 2.95 bits per heavy atom. The van der Waals surface area contributed by atoms with Gasteiger partial charge in [-0.05, 0) is 56.0 Å². The van der Waals surface area contributed by atoms with Crippen molar-refractivity contribution >= 4 is 5.91 Å². The Morgan fingerprint density at radius 1 is 1.25 bits per heavy atom. The van der Waals surface area contributed by atoms with E-state index in [9.17, 15) is 4.79 Å². The highest BCUT2D eigenvalue weighted by Crippen LogP contribution is 2.18. The zero-order valence-electron chi connectivity index (χ0n) is 11.8. The zero-order chi connectivity index (χ0) is 13.8. The largest absolute Gasteiger partial charge is 0.378 e. The van der Waals surface area contributed by atoms with Gasteiger partial charge in [-0.15, -0.1) is 0 Å². The minimum atomic E-state index is 0.0563. The molecule has 0 aliphatic carbocycles. The van der Waals surface area contributed by atoms with E-state index < -0.39 is 0 Å². The molecule has 0 unspecified atom stereocenters. The minimum absolute atomic E-state index is 0.0563. The van der Waals surface area contributed by atoms with Crippen LogP contribution in [0.4, 0.5) is 0 Å². The Balaban J connectivity index is 1.43.